The number of rotatable bonds is 4. The number of halogens is 2. The van der Waals surface area contributed by atoms with Gasteiger partial charge in [0.05, 0.1) is 6.04 Å². The van der Waals surface area contributed by atoms with E-state index in [0.29, 0.717) is 10.4 Å². The molecule has 21 heavy (non-hydrogen) atoms. The van der Waals surface area contributed by atoms with Crippen molar-refractivity contribution in [3.05, 3.63) is 52.7 Å². The second-order valence-electron chi connectivity index (χ2n) is 4.30. The van der Waals surface area contributed by atoms with Crippen molar-refractivity contribution in [2.45, 2.75) is 17.2 Å². The molecule has 4 nitrogen and oxygen atoms in total. The maximum Gasteiger partial charge on any atom is 0.270 e. The van der Waals surface area contributed by atoms with E-state index in [-0.39, 0.29) is 16.2 Å². The van der Waals surface area contributed by atoms with Gasteiger partial charge in [-0.1, -0.05) is 0 Å². The van der Waals surface area contributed by atoms with E-state index in [2.05, 4.69) is 5.32 Å². The molecule has 1 N–H and O–H groups in total. The molecule has 1 aromatic carbocycles. The van der Waals surface area contributed by atoms with Crippen LogP contribution < -0.4 is 5.32 Å². The summed E-state index contributed by atoms with van der Waals surface area (Å²) in [6.45, 7) is 1.72. The smallest absolute Gasteiger partial charge is 0.270 e. The zero-order chi connectivity index (χ0) is 15.6. The van der Waals surface area contributed by atoms with Gasteiger partial charge < -0.3 is 5.32 Å². The maximum absolute atomic E-state index is 12.8. The van der Waals surface area contributed by atoms with Gasteiger partial charge in [0.25, 0.3) is 15.0 Å². The highest BCUT2D eigenvalue weighted by atomic mass is 35.7. The molecule has 0 spiro atoms. The molecule has 0 bridgehead atoms. The van der Waals surface area contributed by atoms with Crippen LogP contribution in [0.1, 0.15) is 28.2 Å². The number of benzene rings is 1. The summed E-state index contributed by atoms with van der Waals surface area (Å²) >= 11 is 0.993. The Labute approximate surface area is 130 Å². The number of carbonyl (C=O) groups excluding carboxylic acids is 1. The molecule has 1 heterocycles. The Hall–Kier alpha value is -1.44. The number of carbonyl (C=O) groups is 1. The first-order chi connectivity index (χ1) is 9.77. The van der Waals surface area contributed by atoms with Gasteiger partial charge in [0.1, 0.15) is 10.0 Å². The van der Waals surface area contributed by atoms with E-state index in [1.54, 1.807) is 13.0 Å². The van der Waals surface area contributed by atoms with Gasteiger partial charge in [-0.05, 0) is 43.3 Å². The van der Waals surface area contributed by atoms with Crippen molar-refractivity contribution in [1.29, 1.82) is 0 Å². The summed E-state index contributed by atoms with van der Waals surface area (Å²) in [7, 11) is 1.49. The zero-order valence-corrected chi connectivity index (χ0v) is 13.2. The predicted molar refractivity (Wildman–Crippen MR) is 79.6 cm³/mol. The van der Waals surface area contributed by atoms with Crippen molar-refractivity contribution in [2.75, 3.05) is 0 Å². The summed E-state index contributed by atoms with van der Waals surface area (Å²) in [4.78, 5) is 12.6. The van der Waals surface area contributed by atoms with E-state index in [4.69, 9.17) is 10.7 Å². The van der Waals surface area contributed by atoms with Crippen molar-refractivity contribution >= 4 is 37.0 Å². The fourth-order valence-electron chi connectivity index (χ4n) is 1.65. The summed E-state index contributed by atoms with van der Waals surface area (Å²) in [5.41, 5.74) is 0.324. The average molecular weight is 348 g/mol. The fraction of sp³-hybridized carbons (Fsp3) is 0.154. The van der Waals surface area contributed by atoms with E-state index < -0.39 is 14.9 Å². The lowest BCUT2D eigenvalue weighted by atomic mass is 10.2. The van der Waals surface area contributed by atoms with Crippen LogP contribution in [-0.4, -0.2) is 14.3 Å². The molecule has 0 saturated carbocycles. The molecule has 0 aliphatic carbocycles. The van der Waals surface area contributed by atoms with Gasteiger partial charge in [0.2, 0.25) is 0 Å². The van der Waals surface area contributed by atoms with Crippen LogP contribution in [0.25, 0.3) is 0 Å². The van der Waals surface area contributed by atoms with Gasteiger partial charge in [-0.15, -0.1) is 11.3 Å². The number of thiophene rings is 1. The quantitative estimate of drug-likeness (QED) is 0.863. The summed E-state index contributed by atoms with van der Waals surface area (Å²) in [5.74, 6) is -0.791. The second kappa shape index (κ2) is 6.13. The molecule has 1 unspecified atom stereocenters. The molecule has 0 radical (unpaired) electrons. The molecule has 0 aliphatic rings. The number of hydrogen-bond donors (Lipinski definition) is 1. The molecule has 2 aromatic rings. The topological polar surface area (TPSA) is 63.2 Å². The minimum absolute atomic E-state index is 0.0297. The van der Waals surface area contributed by atoms with Gasteiger partial charge >= 0.3 is 0 Å². The van der Waals surface area contributed by atoms with Crippen LogP contribution >= 0.6 is 22.0 Å². The predicted octanol–water partition coefficient (Wildman–Crippen LogP) is 3.31. The Kier molecular flexibility index (Phi) is 4.65. The van der Waals surface area contributed by atoms with Crippen LogP contribution in [0.4, 0.5) is 4.39 Å². The highest BCUT2D eigenvalue weighted by Gasteiger charge is 2.17. The highest BCUT2D eigenvalue weighted by Crippen LogP contribution is 2.28. The fourth-order valence-corrected chi connectivity index (χ4v) is 3.75. The molecular weight excluding hydrogens is 337 g/mol. The Morgan fingerprint density at radius 3 is 2.38 bits per heavy atom. The van der Waals surface area contributed by atoms with Crippen LogP contribution in [0.3, 0.4) is 0 Å². The standard InChI is InChI=1S/C13H11ClFNO3S2/c1-8(11-6-7-12(20-11)21(14,18)19)16-13(17)9-2-4-10(15)5-3-9/h2-8H,1H3,(H,16,17). The summed E-state index contributed by atoms with van der Waals surface area (Å²) in [6.07, 6.45) is 0. The van der Waals surface area contributed by atoms with Gasteiger partial charge in [-0.2, -0.15) is 0 Å². The molecule has 1 amide bonds. The molecule has 1 aromatic heterocycles. The third kappa shape index (κ3) is 4.03. The lowest BCUT2D eigenvalue weighted by molar-refractivity contribution is 0.0940. The van der Waals surface area contributed by atoms with Gasteiger partial charge in [-0.25, -0.2) is 12.8 Å². The van der Waals surface area contributed by atoms with E-state index in [1.807, 2.05) is 0 Å². The SMILES string of the molecule is CC(NC(=O)c1ccc(F)cc1)c1ccc(S(=O)(=O)Cl)s1. The highest BCUT2D eigenvalue weighted by molar-refractivity contribution is 8.15. The van der Waals surface area contributed by atoms with Crippen molar-refractivity contribution in [2.24, 2.45) is 0 Å². The first-order valence-electron chi connectivity index (χ1n) is 5.88. The molecule has 1 atom stereocenters. The minimum Gasteiger partial charge on any atom is -0.345 e. The van der Waals surface area contributed by atoms with Gasteiger partial charge in [0.15, 0.2) is 0 Å². The van der Waals surface area contributed by atoms with Crippen LogP contribution in [-0.2, 0) is 9.05 Å². The molecule has 8 heteroatoms. The van der Waals surface area contributed by atoms with Gasteiger partial charge in [-0.3, -0.25) is 4.79 Å². The Balaban J connectivity index is 2.11. The van der Waals surface area contributed by atoms with Crippen molar-refractivity contribution in [3.8, 4) is 0 Å². The monoisotopic (exact) mass is 347 g/mol. The number of amides is 1. The Morgan fingerprint density at radius 1 is 1.24 bits per heavy atom. The first-order valence-corrected chi connectivity index (χ1v) is 9.01. The Bertz CT molecular complexity index is 756. The molecular formula is C13H11ClFNO3S2. The van der Waals surface area contributed by atoms with Crippen molar-refractivity contribution in [3.63, 3.8) is 0 Å². The third-order valence-electron chi connectivity index (χ3n) is 2.72. The molecule has 112 valence electrons. The largest absolute Gasteiger partial charge is 0.345 e. The van der Waals surface area contributed by atoms with Crippen LogP contribution in [0.2, 0.25) is 0 Å². The summed E-state index contributed by atoms with van der Waals surface area (Å²) in [6, 6.07) is 7.74. The minimum atomic E-state index is -3.76. The normalized spacial score (nSPS) is 12.9. The summed E-state index contributed by atoms with van der Waals surface area (Å²) < 4.78 is 35.2. The van der Waals surface area contributed by atoms with Crippen molar-refractivity contribution in [1.82, 2.24) is 5.32 Å². The van der Waals surface area contributed by atoms with E-state index >= 15 is 0 Å². The van der Waals surface area contributed by atoms with Crippen molar-refractivity contribution < 1.29 is 17.6 Å². The molecule has 0 fully saturated rings. The van der Waals surface area contributed by atoms with E-state index in [9.17, 15) is 17.6 Å². The molecule has 2 rings (SSSR count). The second-order valence-corrected chi connectivity index (χ2v) is 8.20. The van der Waals surface area contributed by atoms with E-state index in [1.165, 1.54) is 30.3 Å². The number of nitrogens with one attached hydrogen (secondary N) is 1. The lowest BCUT2D eigenvalue weighted by Crippen LogP contribution is -2.26. The maximum atomic E-state index is 12.8. The average Bonchev–Trinajstić information content (AvgIpc) is 2.88. The van der Waals surface area contributed by atoms with Crippen LogP contribution in [0.15, 0.2) is 40.6 Å². The Morgan fingerprint density at radius 2 is 1.86 bits per heavy atom. The lowest BCUT2D eigenvalue weighted by Gasteiger charge is -2.12. The molecule has 0 aliphatic heterocycles. The van der Waals surface area contributed by atoms with Crippen LogP contribution in [0.5, 0.6) is 0 Å². The first kappa shape index (κ1) is 15.9. The zero-order valence-electron chi connectivity index (χ0n) is 10.8. The summed E-state index contributed by atoms with van der Waals surface area (Å²) in [5, 5.41) is 2.71. The number of hydrogen-bond acceptors (Lipinski definition) is 4. The third-order valence-corrected chi connectivity index (χ3v) is 6.08. The van der Waals surface area contributed by atoms with Crippen LogP contribution in [0, 0.1) is 5.82 Å². The van der Waals surface area contributed by atoms with Gasteiger partial charge in [0, 0.05) is 21.1 Å². The van der Waals surface area contributed by atoms with E-state index in [0.717, 1.165) is 11.3 Å². The molecule has 0 saturated heterocycles.